The molecule has 0 radical (unpaired) electrons. The molecule has 0 bridgehead atoms. The molecule has 0 aliphatic heterocycles. The Kier molecular flexibility index (Phi) is 9.71. The van der Waals surface area contributed by atoms with E-state index in [-0.39, 0.29) is 36.4 Å². The number of halogens is 2. The standard InChI is InChI=1S/C19H28FN5O.HI/c1-6-21-19(23-11-17-13(2)24-25(4)14(17)3)22-10-15-7-8-18(20)16(9-15)12-26-5;/h7-9H,6,10-12H2,1-5H3,(H2,21,22,23);1H. The highest BCUT2D eigenvalue weighted by Gasteiger charge is 2.10. The molecule has 1 heterocycles. The summed E-state index contributed by atoms with van der Waals surface area (Å²) in [5.74, 6) is 0.458. The Bertz CT molecular complexity index is 776. The second-order valence-electron chi connectivity index (χ2n) is 6.18. The number of nitrogens with one attached hydrogen (secondary N) is 2. The summed E-state index contributed by atoms with van der Waals surface area (Å²) in [5, 5.41) is 11.0. The van der Waals surface area contributed by atoms with E-state index in [2.05, 4.69) is 27.6 Å². The first-order valence-electron chi connectivity index (χ1n) is 8.73. The normalized spacial score (nSPS) is 11.3. The highest BCUT2D eigenvalue weighted by atomic mass is 127. The average molecular weight is 489 g/mol. The van der Waals surface area contributed by atoms with Crippen LogP contribution in [0.4, 0.5) is 4.39 Å². The van der Waals surface area contributed by atoms with Crippen molar-refractivity contribution in [3.63, 3.8) is 0 Å². The van der Waals surface area contributed by atoms with Crippen LogP contribution in [0.15, 0.2) is 23.2 Å². The summed E-state index contributed by atoms with van der Waals surface area (Å²) in [6.07, 6.45) is 0. The van der Waals surface area contributed by atoms with E-state index in [1.807, 2.05) is 25.6 Å². The van der Waals surface area contributed by atoms with E-state index >= 15 is 0 Å². The smallest absolute Gasteiger partial charge is 0.191 e. The largest absolute Gasteiger partial charge is 0.380 e. The minimum atomic E-state index is -0.257. The first kappa shape index (κ1) is 23.4. The maximum atomic E-state index is 13.7. The predicted molar refractivity (Wildman–Crippen MR) is 117 cm³/mol. The molecule has 0 unspecified atom stereocenters. The van der Waals surface area contributed by atoms with E-state index in [0.29, 0.717) is 24.6 Å². The molecule has 2 aromatic rings. The molecule has 1 aromatic heterocycles. The third kappa shape index (κ3) is 6.46. The van der Waals surface area contributed by atoms with Crippen molar-refractivity contribution in [1.82, 2.24) is 20.4 Å². The Morgan fingerprint density at radius 2 is 2.04 bits per heavy atom. The number of nitrogens with zero attached hydrogens (tertiary/aromatic N) is 3. The molecule has 2 rings (SSSR count). The summed E-state index contributed by atoms with van der Waals surface area (Å²) in [5.41, 5.74) is 4.79. The summed E-state index contributed by atoms with van der Waals surface area (Å²) in [6.45, 7) is 8.19. The number of hydrogen-bond donors (Lipinski definition) is 2. The number of rotatable bonds is 7. The average Bonchev–Trinajstić information content (AvgIpc) is 2.85. The zero-order valence-corrected chi connectivity index (χ0v) is 18.9. The zero-order valence-electron chi connectivity index (χ0n) is 16.6. The monoisotopic (exact) mass is 489 g/mol. The molecule has 0 fully saturated rings. The van der Waals surface area contributed by atoms with Gasteiger partial charge in [0, 0.05) is 44.1 Å². The highest BCUT2D eigenvalue weighted by molar-refractivity contribution is 14.0. The van der Waals surface area contributed by atoms with E-state index in [9.17, 15) is 4.39 Å². The summed E-state index contributed by atoms with van der Waals surface area (Å²) in [7, 11) is 3.50. The van der Waals surface area contributed by atoms with Crippen molar-refractivity contribution < 1.29 is 9.13 Å². The van der Waals surface area contributed by atoms with Gasteiger partial charge in [-0.3, -0.25) is 4.68 Å². The fourth-order valence-electron chi connectivity index (χ4n) is 2.75. The number of methoxy groups -OCH3 is 1. The third-order valence-corrected chi connectivity index (χ3v) is 4.27. The quantitative estimate of drug-likeness (QED) is 0.357. The van der Waals surface area contributed by atoms with Gasteiger partial charge in [-0.05, 0) is 38.5 Å². The van der Waals surface area contributed by atoms with Crippen LogP contribution in [0.25, 0.3) is 0 Å². The van der Waals surface area contributed by atoms with Gasteiger partial charge in [0.25, 0.3) is 0 Å². The zero-order chi connectivity index (χ0) is 19.1. The van der Waals surface area contributed by atoms with Crippen LogP contribution in [0.2, 0.25) is 0 Å². The van der Waals surface area contributed by atoms with Crippen molar-refractivity contribution in [3.8, 4) is 0 Å². The molecule has 150 valence electrons. The number of aliphatic imine (C=N–C) groups is 1. The first-order valence-corrected chi connectivity index (χ1v) is 8.73. The van der Waals surface area contributed by atoms with Crippen LogP contribution in [0.1, 0.15) is 35.0 Å². The van der Waals surface area contributed by atoms with E-state index in [4.69, 9.17) is 4.74 Å². The fraction of sp³-hybridized carbons (Fsp3) is 0.474. The molecule has 8 heteroatoms. The van der Waals surface area contributed by atoms with Gasteiger partial charge in [0.15, 0.2) is 5.96 Å². The van der Waals surface area contributed by atoms with Crippen molar-refractivity contribution in [3.05, 3.63) is 52.1 Å². The Hall–Kier alpha value is -1.68. The molecule has 0 aliphatic carbocycles. The van der Waals surface area contributed by atoms with Gasteiger partial charge >= 0.3 is 0 Å². The van der Waals surface area contributed by atoms with Gasteiger partial charge in [-0.25, -0.2) is 9.38 Å². The minimum absolute atomic E-state index is 0. The first-order chi connectivity index (χ1) is 12.5. The second-order valence-corrected chi connectivity index (χ2v) is 6.18. The van der Waals surface area contributed by atoms with Crippen LogP contribution < -0.4 is 10.6 Å². The molecule has 0 aliphatic rings. The lowest BCUT2D eigenvalue weighted by atomic mass is 10.1. The molecule has 0 spiro atoms. The number of guanidine groups is 1. The molecule has 0 atom stereocenters. The molecular formula is C19H29FIN5O. The van der Waals surface area contributed by atoms with Crippen LogP contribution in [-0.2, 0) is 31.5 Å². The number of ether oxygens (including phenoxy) is 1. The van der Waals surface area contributed by atoms with Crippen molar-refractivity contribution in [1.29, 1.82) is 0 Å². The van der Waals surface area contributed by atoms with Crippen molar-refractivity contribution in [2.24, 2.45) is 12.0 Å². The van der Waals surface area contributed by atoms with Crippen LogP contribution in [0, 0.1) is 19.7 Å². The van der Waals surface area contributed by atoms with Crippen LogP contribution in [-0.4, -0.2) is 29.4 Å². The Balaban J connectivity index is 0.00000364. The molecule has 2 N–H and O–H groups in total. The molecule has 1 aromatic carbocycles. The summed E-state index contributed by atoms with van der Waals surface area (Å²) in [6, 6.07) is 5.00. The van der Waals surface area contributed by atoms with Gasteiger partial charge in [-0.1, -0.05) is 6.07 Å². The van der Waals surface area contributed by atoms with Crippen LogP contribution in [0.3, 0.4) is 0 Å². The van der Waals surface area contributed by atoms with E-state index in [1.165, 1.54) is 11.6 Å². The van der Waals surface area contributed by atoms with Crippen LogP contribution >= 0.6 is 24.0 Å². The molecule has 0 amide bonds. The lowest BCUT2D eigenvalue weighted by molar-refractivity contribution is 0.181. The summed E-state index contributed by atoms with van der Waals surface area (Å²) < 4.78 is 20.6. The number of hydrogen-bond acceptors (Lipinski definition) is 3. The van der Waals surface area contributed by atoms with Crippen molar-refractivity contribution >= 4 is 29.9 Å². The number of benzene rings is 1. The van der Waals surface area contributed by atoms with Gasteiger partial charge in [-0.15, -0.1) is 24.0 Å². The molecular weight excluding hydrogens is 460 g/mol. The van der Waals surface area contributed by atoms with Gasteiger partial charge in [-0.2, -0.15) is 5.10 Å². The fourth-order valence-corrected chi connectivity index (χ4v) is 2.75. The van der Waals surface area contributed by atoms with Gasteiger partial charge in [0.1, 0.15) is 5.82 Å². The summed E-state index contributed by atoms with van der Waals surface area (Å²) >= 11 is 0. The Morgan fingerprint density at radius 1 is 1.30 bits per heavy atom. The molecule has 0 saturated carbocycles. The lowest BCUT2D eigenvalue weighted by Gasteiger charge is -2.12. The van der Waals surface area contributed by atoms with Crippen molar-refractivity contribution in [2.75, 3.05) is 13.7 Å². The van der Waals surface area contributed by atoms with Gasteiger partial charge in [0.05, 0.1) is 18.8 Å². The molecule has 27 heavy (non-hydrogen) atoms. The maximum absolute atomic E-state index is 13.7. The minimum Gasteiger partial charge on any atom is -0.380 e. The third-order valence-electron chi connectivity index (χ3n) is 4.27. The van der Waals surface area contributed by atoms with E-state index in [0.717, 1.165) is 23.5 Å². The SMILES string of the molecule is CCNC(=NCc1ccc(F)c(COC)c1)NCc1c(C)nn(C)c1C.I. The molecule has 0 saturated heterocycles. The Morgan fingerprint density at radius 3 is 2.63 bits per heavy atom. The van der Waals surface area contributed by atoms with Crippen molar-refractivity contribution in [2.45, 2.75) is 40.5 Å². The van der Waals surface area contributed by atoms with Crippen LogP contribution in [0.5, 0.6) is 0 Å². The topological polar surface area (TPSA) is 63.5 Å². The highest BCUT2D eigenvalue weighted by Crippen LogP contribution is 2.13. The van der Waals surface area contributed by atoms with Gasteiger partial charge < -0.3 is 15.4 Å². The number of aryl methyl sites for hydroxylation is 2. The van der Waals surface area contributed by atoms with E-state index in [1.54, 1.807) is 19.2 Å². The Labute approximate surface area is 177 Å². The summed E-state index contributed by atoms with van der Waals surface area (Å²) in [4.78, 5) is 4.60. The lowest BCUT2D eigenvalue weighted by Crippen LogP contribution is -2.37. The number of aromatic nitrogens is 2. The predicted octanol–water partition coefficient (Wildman–Crippen LogP) is 3.20. The molecule has 6 nitrogen and oxygen atoms in total. The maximum Gasteiger partial charge on any atom is 0.191 e. The van der Waals surface area contributed by atoms with Gasteiger partial charge in [0.2, 0.25) is 0 Å². The second kappa shape index (κ2) is 11.2. The van der Waals surface area contributed by atoms with E-state index < -0.39 is 0 Å².